The van der Waals surface area contributed by atoms with Crippen LogP contribution in [0.3, 0.4) is 0 Å². The van der Waals surface area contributed by atoms with Crippen molar-refractivity contribution in [3.05, 3.63) is 38.9 Å². The molecule has 0 aliphatic carbocycles. The zero-order valence-corrected chi connectivity index (χ0v) is 11.5. The smallest absolute Gasteiger partial charge is 0.144 e. The van der Waals surface area contributed by atoms with Crippen molar-refractivity contribution < 1.29 is 0 Å². The molecule has 0 spiro atoms. The Morgan fingerprint density at radius 2 is 2.25 bits per heavy atom. The van der Waals surface area contributed by atoms with E-state index in [1.165, 1.54) is 9.75 Å². The summed E-state index contributed by atoms with van der Waals surface area (Å²) in [5.74, 6) is 0.827. The van der Waals surface area contributed by atoms with Crippen molar-refractivity contribution in [3.63, 3.8) is 0 Å². The van der Waals surface area contributed by atoms with E-state index in [9.17, 15) is 0 Å². The second kappa shape index (κ2) is 4.93. The number of halogens is 1. The predicted octanol–water partition coefficient (Wildman–Crippen LogP) is 3.78. The molecule has 0 aliphatic rings. The number of hydrogen-bond acceptors (Lipinski definition) is 4. The van der Waals surface area contributed by atoms with Gasteiger partial charge in [-0.2, -0.15) is 0 Å². The Bertz CT molecular complexity index is 484. The minimum Gasteiger partial charge on any atom is -0.362 e. The maximum absolute atomic E-state index is 4.19. The third kappa shape index (κ3) is 2.59. The van der Waals surface area contributed by atoms with Crippen LogP contribution in [-0.2, 0) is 0 Å². The highest BCUT2D eigenvalue weighted by Crippen LogP contribution is 2.27. The molecule has 0 fully saturated rings. The number of aryl methyl sites for hydroxylation is 1. The average Bonchev–Trinajstić information content (AvgIpc) is 2.68. The number of thiophene rings is 1. The van der Waals surface area contributed by atoms with Crippen LogP contribution in [0.4, 0.5) is 5.82 Å². The summed E-state index contributed by atoms with van der Waals surface area (Å²) in [5.41, 5.74) is 0. The van der Waals surface area contributed by atoms with Crippen molar-refractivity contribution >= 4 is 33.1 Å². The molecule has 0 bridgehead atoms. The first-order chi connectivity index (χ1) is 7.66. The molecule has 0 saturated heterocycles. The fourth-order valence-corrected chi connectivity index (χ4v) is 2.60. The van der Waals surface area contributed by atoms with Crippen LogP contribution in [0.2, 0.25) is 0 Å². The van der Waals surface area contributed by atoms with E-state index >= 15 is 0 Å². The molecule has 0 saturated carbocycles. The van der Waals surface area contributed by atoms with Gasteiger partial charge in [-0.05, 0) is 41.9 Å². The summed E-state index contributed by atoms with van der Waals surface area (Å²) in [5, 5.41) is 3.35. The van der Waals surface area contributed by atoms with Crippen LogP contribution in [0.1, 0.15) is 22.7 Å². The quantitative estimate of drug-likeness (QED) is 0.937. The lowest BCUT2D eigenvalue weighted by Crippen LogP contribution is -2.06. The first kappa shape index (κ1) is 11.5. The highest BCUT2D eigenvalue weighted by molar-refractivity contribution is 9.10. The van der Waals surface area contributed by atoms with Crippen LogP contribution in [0.5, 0.6) is 0 Å². The van der Waals surface area contributed by atoms with E-state index in [1.54, 1.807) is 23.9 Å². The molecule has 0 aliphatic heterocycles. The Kier molecular flexibility index (Phi) is 3.56. The maximum Gasteiger partial charge on any atom is 0.144 e. The number of hydrogen-bond donors (Lipinski definition) is 1. The Morgan fingerprint density at radius 3 is 2.88 bits per heavy atom. The Labute approximate surface area is 107 Å². The monoisotopic (exact) mass is 297 g/mol. The third-order valence-electron chi connectivity index (χ3n) is 2.21. The summed E-state index contributed by atoms with van der Waals surface area (Å²) < 4.78 is 0.884. The lowest BCUT2D eigenvalue weighted by molar-refractivity contribution is 0.890. The van der Waals surface area contributed by atoms with Gasteiger partial charge in [0.05, 0.1) is 10.5 Å². The molecular formula is C11H12BrN3S. The largest absolute Gasteiger partial charge is 0.362 e. The van der Waals surface area contributed by atoms with Crippen LogP contribution < -0.4 is 5.32 Å². The van der Waals surface area contributed by atoms with Crippen molar-refractivity contribution in [2.75, 3.05) is 5.32 Å². The van der Waals surface area contributed by atoms with Gasteiger partial charge in [-0.1, -0.05) is 0 Å². The second-order valence-corrected chi connectivity index (χ2v) is 5.71. The minimum atomic E-state index is 0.255. The van der Waals surface area contributed by atoms with Crippen LogP contribution in [0, 0.1) is 6.92 Å². The van der Waals surface area contributed by atoms with E-state index in [1.807, 2.05) is 0 Å². The number of nitrogens with zero attached hydrogens (tertiary/aromatic N) is 2. The number of rotatable bonds is 3. The van der Waals surface area contributed by atoms with Gasteiger partial charge in [0.1, 0.15) is 12.1 Å². The molecule has 0 aromatic carbocycles. The average molecular weight is 298 g/mol. The van der Waals surface area contributed by atoms with E-state index in [0.29, 0.717) is 0 Å². The van der Waals surface area contributed by atoms with Gasteiger partial charge in [0.25, 0.3) is 0 Å². The van der Waals surface area contributed by atoms with Gasteiger partial charge < -0.3 is 5.32 Å². The zero-order chi connectivity index (χ0) is 11.5. The molecule has 3 nitrogen and oxygen atoms in total. The van der Waals surface area contributed by atoms with Gasteiger partial charge in [-0.3, -0.25) is 0 Å². The van der Waals surface area contributed by atoms with Gasteiger partial charge in [0.15, 0.2) is 0 Å². The molecule has 0 amide bonds. The Hall–Kier alpha value is -0.940. The standard InChI is InChI=1S/C11H12BrN3S/c1-7-3-4-10(16-7)8(2)15-11-9(12)5-13-6-14-11/h3-6,8H,1-2H3,(H,13,14,15). The molecule has 2 rings (SSSR count). The summed E-state index contributed by atoms with van der Waals surface area (Å²) in [4.78, 5) is 10.8. The van der Waals surface area contributed by atoms with Crippen molar-refractivity contribution in [1.82, 2.24) is 9.97 Å². The molecule has 1 unspecified atom stereocenters. The molecule has 16 heavy (non-hydrogen) atoms. The van der Waals surface area contributed by atoms with Gasteiger partial charge >= 0.3 is 0 Å². The van der Waals surface area contributed by atoms with Gasteiger partial charge in [-0.25, -0.2) is 9.97 Å². The van der Waals surface area contributed by atoms with E-state index in [0.717, 1.165) is 10.3 Å². The lowest BCUT2D eigenvalue weighted by Gasteiger charge is -2.13. The molecule has 2 heterocycles. The highest BCUT2D eigenvalue weighted by atomic mass is 79.9. The zero-order valence-electron chi connectivity index (χ0n) is 9.07. The molecule has 0 radical (unpaired) electrons. The van der Waals surface area contributed by atoms with Crippen molar-refractivity contribution in [3.8, 4) is 0 Å². The molecular weight excluding hydrogens is 286 g/mol. The van der Waals surface area contributed by atoms with Crippen LogP contribution in [-0.4, -0.2) is 9.97 Å². The molecule has 1 N–H and O–H groups in total. The molecule has 2 aromatic rings. The SMILES string of the molecule is Cc1ccc(C(C)Nc2ncncc2Br)s1. The Balaban J connectivity index is 2.13. The topological polar surface area (TPSA) is 37.8 Å². The third-order valence-corrected chi connectivity index (χ3v) is 3.97. The van der Waals surface area contributed by atoms with Crippen LogP contribution in [0.25, 0.3) is 0 Å². The van der Waals surface area contributed by atoms with Crippen LogP contribution in [0.15, 0.2) is 29.1 Å². The number of nitrogens with one attached hydrogen (secondary N) is 1. The summed E-state index contributed by atoms with van der Waals surface area (Å²) in [6.45, 7) is 4.24. The molecule has 5 heteroatoms. The van der Waals surface area contributed by atoms with Gasteiger partial charge in [-0.15, -0.1) is 11.3 Å². The first-order valence-electron chi connectivity index (χ1n) is 4.95. The fourth-order valence-electron chi connectivity index (χ4n) is 1.38. The maximum atomic E-state index is 4.19. The van der Waals surface area contributed by atoms with Crippen molar-refractivity contribution in [1.29, 1.82) is 0 Å². The normalized spacial score (nSPS) is 12.4. The van der Waals surface area contributed by atoms with Crippen LogP contribution >= 0.6 is 27.3 Å². The van der Waals surface area contributed by atoms with Crippen molar-refractivity contribution in [2.45, 2.75) is 19.9 Å². The lowest BCUT2D eigenvalue weighted by atomic mass is 10.3. The number of aromatic nitrogens is 2. The number of anilines is 1. The summed E-state index contributed by atoms with van der Waals surface area (Å²) >= 11 is 5.22. The molecule has 2 aromatic heterocycles. The predicted molar refractivity (Wildman–Crippen MR) is 70.8 cm³/mol. The van der Waals surface area contributed by atoms with E-state index in [2.05, 4.69) is 57.2 Å². The van der Waals surface area contributed by atoms with E-state index in [4.69, 9.17) is 0 Å². The molecule has 84 valence electrons. The summed E-state index contributed by atoms with van der Waals surface area (Å²) in [6.07, 6.45) is 3.28. The fraction of sp³-hybridized carbons (Fsp3) is 0.273. The van der Waals surface area contributed by atoms with E-state index in [-0.39, 0.29) is 6.04 Å². The highest BCUT2D eigenvalue weighted by Gasteiger charge is 2.09. The minimum absolute atomic E-state index is 0.255. The van der Waals surface area contributed by atoms with Gasteiger partial charge in [0, 0.05) is 16.0 Å². The Morgan fingerprint density at radius 1 is 1.44 bits per heavy atom. The second-order valence-electron chi connectivity index (χ2n) is 3.53. The summed E-state index contributed by atoms with van der Waals surface area (Å²) in [7, 11) is 0. The summed E-state index contributed by atoms with van der Waals surface area (Å²) in [6, 6.07) is 4.53. The molecule has 1 atom stereocenters. The first-order valence-corrected chi connectivity index (χ1v) is 6.56. The van der Waals surface area contributed by atoms with E-state index < -0.39 is 0 Å². The van der Waals surface area contributed by atoms with Crippen molar-refractivity contribution in [2.24, 2.45) is 0 Å². The van der Waals surface area contributed by atoms with Gasteiger partial charge in [0.2, 0.25) is 0 Å².